The molecule has 0 bridgehead atoms. The van der Waals surface area contributed by atoms with E-state index in [2.05, 4.69) is 15.1 Å². The zero-order valence-electron chi connectivity index (χ0n) is 13.3. The van der Waals surface area contributed by atoms with Crippen molar-refractivity contribution >= 4 is 0 Å². The van der Waals surface area contributed by atoms with Crippen molar-refractivity contribution in [2.24, 2.45) is 0 Å². The molecule has 2 aromatic heterocycles. The second-order valence-corrected chi connectivity index (χ2v) is 5.73. The number of halogens is 3. The maximum atomic E-state index is 14.4. The van der Waals surface area contributed by atoms with Gasteiger partial charge in [-0.1, -0.05) is 13.0 Å². The van der Waals surface area contributed by atoms with Gasteiger partial charge in [0.2, 0.25) is 0 Å². The summed E-state index contributed by atoms with van der Waals surface area (Å²) < 4.78 is 43.2. The van der Waals surface area contributed by atoms with E-state index in [-0.39, 0.29) is 17.8 Å². The number of aromatic nitrogens is 4. The Morgan fingerprint density at radius 1 is 1.24 bits per heavy atom. The largest absolute Gasteiger partial charge is 0.382 e. The third-order valence-electron chi connectivity index (χ3n) is 4.18. The molecule has 0 aliphatic rings. The number of rotatable bonds is 5. The van der Waals surface area contributed by atoms with Crippen molar-refractivity contribution in [3.8, 4) is 0 Å². The molecule has 2 unspecified atom stereocenters. The van der Waals surface area contributed by atoms with E-state index in [9.17, 15) is 18.3 Å². The predicted octanol–water partition coefficient (Wildman–Crippen LogP) is 2.78. The van der Waals surface area contributed by atoms with Crippen LogP contribution in [-0.4, -0.2) is 24.9 Å². The highest BCUT2D eigenvalue weighted by atomic mass is 19.1. The van der Waals surface area contributed by atoms with Gasteiger partial charge in [-0.2, -0.15) is 5.10 Å². The minimum absolute atomic E-state index is 0.0756. The van der Waals surface area contributed by atoms with Crippen LogP contribution in [-0.2, 0) is 12.1 Å². The summed E-state index contributed by atoms with van der Waals surface area (Å²) in [6.07, 6.45) is 5.19. The van der Waals surface area contributed by atoms with Crippen LogP contribution >= 0.6 is 0 Å². The van der Waals surface area contributed by atoms with Crippen LogP contribution in [0.1, 0.15) is 24.1 Å². The molecule has 0 radical (unpaired) electrons. The van der Waals surface area contributed by atoms with E-state index >= 15 is 0 Å². The van der Waals surface area contributed by atoms with Gasteiger partial charge in [-0.25, -0.2) is 23.1 Å². The molecule has 8 heteroatoms. The molecule has 3 rings (SSSR count). The molecule has 1 aromatic carbocycles. The molecule has 2 atom stereocenters. The molecule has 0 amide bonds. The van der Waals surface area contributed by atoms with Gasteiger partial charge in [0, 0.05) is 29.9 Å². The molecule has 2 heterocycles. The Labute approximate surface area is 141 Å². The Morgan fingerprint density at radius 2 is 2.04 bits per heavy atom. The minimum atomic E-state index is -1.92. The van der Waals surface area contributed by atoms with Gasteiger partial charge in [-0.15, -0.1) is 0 Å². The van der Waals surface area contributed by atoms with Gasteiger partial charge in [0.25, 0.3) is 0 Å². The van der Waals surface area contributed by atoms with Gasteiger partial charge in [-0.3, -0.25) is 4.68 Å². The predicted molar refractivity (Wildman–Crippen MR) is 82.9 cm³/mol. The molecule has 0 fully saturated rings. The van der Waals surface area contributed by atoms with Crippen molar-refractivity contribution in [1.29, 1.82) is 0 Å². The third-order valence-corrected chi connectivity index (χ3v) is 4.18. The first-order chi connectivity index (χ1) is 11.9. The number of nitrogens with zero attached hydrogens (tertiary/aromatic N) is 4. The molecule has 25 heavy (non-hydrogen) atoms. The van der Waals surface area contributed by atoms with Gasteiger partial charge in [0.15, 0.2) is 5.82 Å². The fourth-order valence-electron chi connectivity index (χ4n) is 2.80. The minimum Gasteiger partial charge on any atom is -0.382 e. The van der Waals surface area contributed by atoms with Gasteiger partial charge in [0.05, 0.1) is 18.4 Å². The lowest BCUT2D eigenvalue weighted by molar-refractivity contribution is -0.0133. The lowest BCUT2D eigenvalue weighted by Gasteiger charge is -2.34. The quantitative estimate of drug-likeness (QED) is 0.770. The standard InChI is InChI=1S/C17H15F3N4O/c1-11(16-15(20)8-21-10-22-16)17(25,9-24-6-2-5-23-24)13-4-3-12(18)7-14(13)19/h2-8,10-11,25H,9H2,1H3. The highest BCUT2D eigenvalue weighted by molar-refractivity contribution is 5.30. The molecule has 1 N–H and O–H groups in total. The highest BCUT2D eigenvalue weighted by Gasteiger charge is 2.41. The van der Waals surface area contributed by atoms with Crippen LogP contribution in [0.2, 0.25) is 0 Å². The van der Waals surface area contributed by atoms with Gasteiger partial charge in [-0.05, 0) is 12.1 Å². The Kier molecular flexibility index (Phi) is 4.54. The second-order valence-electron chi connectivity index (χ2n) is 5.73. The van der Waals surface area contributed by atoms with E-state index in [4.69, 9.17) is 0 Å². The zero-order chi connectivity index (χ0) is 18.0. The Balaban J connectivity index is 2.13. The van der Waals surface area contributed by atoms with Crippen molar-refractivity contribution in [2.75, 3.05) is 0 Å². The maximum absolute atomic E-state index is 14.4. The summed E-state index contributed by atoms with van der Waals surface area (Å²) in [6.45, 7) is 1.34. The molecule has 0 aliphatic carbocycles. The van der Waals surface area contributed by atoms with Crippen LogP contribution in [0.4, 0.5) is 13.2 Å². The zero-order valence-corrected chi connectivity index (χ0v) is 13.3. The summed E-state index contributed by atoms with van der Waals surface area (Å²) in [6, 6.07) is 4.49. The average molecular weight is 348 g/mol. The average Bonchev–Trinajstić information content (AvgIpc) is 3.07. The van der Waals surface area contributed by atoms with E-state index < -0.39 is 29.0 Å². The Hall–Kier alpha value is -2.74. The molecule has 3 aromatic rings. The van der Waals surface area contributed by atoms with Crippen LogP contribution in [0.25, 0.3) is 0 Å². The normalized spacial score (nSPS) is 14.9. The maximum Gasteiger partial charge on any atom is 0.163 e. The van der Waals surface area contributed by atoms with Gasteiger partial charge < -0.3 is 5.11 Å². The number of hydrogen-bond donors (Lipinski definition) is 1. The smallest absolute Gasteiger partial charge is 0.163 e. The van der Waals surface area contributed by atoms with Crippen LogP contribution in [0.3, 0.4) is 0 Å². The van der Waals surface area contributed by atoms with E-state index in [1.807, 2.05) is 0 Å². The molecule has 0 aliphatic heterocycles. The van der Waals surface area contributed by atoms with Crippen molar-refractivity contribution in [2.45, 2.75) is 25.0 Å². The first-order valence-electron chi connectivity index (χ1n) is 7.52. The summed E-state index contributed by atoms with van der Waals surface area (Å²) in [5.41, 5.74) is -2.16. The van der Waals surface area contributed by atoms with E-state index in [0.717, 1.165) is 24.7 Å². The summed E-state index contributed by atoms with van der Waals surface area (Å²) in [7, 11) is 0. The van der Waals surface area contributed by atoms with Crippen LogP contribution < -0.4 is 0 Å². The Bertz CT molecular complexity index is 872. The summed E-state index contributed by atoms with van der Waals surface area (Å²) >= 11 is 0. The van der Waals surface area contributed by atoms with Crippen LogP contribution in [0, 0.1) is 17.5 Å². The fourth-order valence-corrected chi connectivity index (χ4v) is 2.80. The van der Waals surface area contributed by atoms with Gasteiger partial charge >= 0.3 is 0 Å². The van der Waals surface area contributed by atoms with Crippen molar-refractivity contribution < 1.29 is 18.3 Å². The van der Waals surface area contributed by atoms with Crippen molar-refractivity contribution in [1.82, 2.24) is 19.7 Å². The lowest BCUT2D eigenvalue weighted by atomic mass is 9.79. The molecule has 130 valence electrons. The van der Waals surface area contributed by atoms with Crippen molar-refractivity contribution in [3.63, 3.8) is 0 Å². The third kappa shape index (κ3) is 3.25. The topological polar surface area (TPSA) is 63.8 Å². The molecular weight excluding hydrogens is 333 g/mol. The molecule has 5 nitrogen and oxygen atoms in total. The SMILES string of the molecule is CC(c1ncncc1F)C(O)(Cn1cccn1)c1ccc(F)cc1F. The summed E-state index contributed by atoms with van der Waals surface area (Å²) in [5, 5.41) is 15.3. The molecular formula is C17H15F3N4O. The van der Waals surface area contributed by atoms with Crippen LogP contribution in [0.5, 0.6) is 0 Å². The summed E-state index contributed by atoms with van der Waals surface area (Å²) in [5.74, 6) is -3.39. The first kappa shape index (κ1) is 17.1. The monoisotopic (exact) mass is 348 g/mol. The Morgan fingerprint density at radius 3 is 2.68 bits per heavy atom. The molecule has 0 spiro atoms. The highest BCUT2D eigenvalue weighted by Crippen LogP contribution is 2.39. The summed E-state index contributed by atoms with van der Waals surface area (Å²) in [4.78, 5) is 7.45. The molecule has 0 saturated carbocycles. The fraction of sp³-hybridized carbons (Fsp3) is 0.235. The van der Waals surface area contributed by atoms with E-state index in [1.54, 1.807) is 12.3 Å². The lowest BCUT2D eigenvalue weighted by Crippen LogP contribution is -2.39. The molecule has 0 saturated heterocycles. The number of benzene rings is 1. The number of aliphatic hydroxyl groups is 1. The van der Waals surface area contributed by atoms with Crippen molar-refractivity contribution in [3.05, 3.63) is 77.9 Å². The van der Waals surface area contributed by atoms with E-state index in [0.29, 0.717) is 6.07 Å². The van der Waals surface area contributed by atoms with Crippen LogP contribution in [0.15, 0.2) is 49.2 Å². The second kappa shape index (κ2) is 6.64. The number of hydrogen-bond acceptors (Lipinski definition) is 4. The van der Waals surface area contributed by atoms with E-state index in [1.165, 1.54) is 17.8 Å². The van der Waals surface area contributed by atoms with Gasteiger partial charge in [0.1, 0.15) is 23.6 Å². The first-order valence-corrected chi connectivity index (χ1v) is 7.52.